The molecule has 5 heteroatoms. The summed E-state index contributed by atoms with van der Waals surface area (Å²) in [5.74, 6) is 0.813. The highest BCUT2D eigenvalue weighted by atomic mass is 35.5. The van der Waals surface area contributed by atoms with Gasteiger partial charge in [-0.05, 0) is 31.0 Å². The first-order chi connectivity index (χ1) is 9.51. The van der Waals surface area contributed by atoms with Crippen molar-refractivity contribution >= 4 is 11.6 Å². The number of nitrogens with zero attached hydrogens (tertiary/aromatic N) is 2. The molecule has 0 fully saturated rings. The molecule has 0 amide bonds. The van der Waals surface area contributed by atoms with Crippen LogP contribution < -0.4 is 4.74 Å². The average Bonchev–Trinajstić information content (AvgIpc) is 2.66. The smallest absolute Gasteiger partial charge is 0.118 e. The molecule has 4 nitrogen and oxygen atoms in total. The molecule has 1 aromatic carbocycles. The van der Waals surface area contributed by atoms with E-state index in [-0.39, 0.29) is 0 Å². The molecular weight excluding hydrogens is 276 g/mol. The number of halogens is 1. The molecule has 1 N–H and O–H groups in total. The third-order valence-corrected chi connectivity index (χ3v) is 3.81. The van der Waals surface area contributed by atoms with E-state index in [4.69, 9.17) is 16.3 Å². The molecular formula is C15H19ClN2O2. The molecule has 1 atom stereocenters. The van der Waals surface area contributed by atoms with Crippen molar-refractivity contribution in [1.29, 1.82) is 0 Å². The normalized spacial score (nSPS) is 12.4. The number of hydrogen-bond acceptors (Lipinski definition) is 3. The summed E-state index contributed by atoms with van der Waals surface area (Å²) in [4.78, 5) is 0. The number of ether oxygens (including phenoxy) is 1. The molecule has 0 radical (unpaired) electrons. The Labute approximate surface area is 123 Å². The molecule has 2 rings (SSSR count). The van der Waals surface area contributed by atoms with Gasteiger partial charge in [-0.2, -0.15) is 5.10 Å². The van der Waals surface area contributed by atoms with Crippen molar-refractivity contribution in [2.24, 2.45) is 7.05 Å². The Kier molecular flexibility index (Phi) is 4.68. The van der Waals surface area contributed by atoms with E-state index in [9.17, 15) is 5.11 Å². The van der Waals surface area contributed by atoms with Crippen LogP contribution in [0.5, 0.6) is 5.75 Å². The maximum atomic E-state index is 10.2. The molecule has 0 saturated carbocycles. The van der Waals surface area contributed by atoms with Gasteiger partial charge in [-0.3, -0.25) is 4.68 Å². The van der Waals surface area contributed by atoms with Gasteiger partial charge in [-0.15, -0.1) is 0 Å². The minimum absolute atomic E-state index is 0.488. The molecule has 1 aromatic heterocycles. The number of aliphatic hydroxyl groups is 1. The van der Waals surface area contributed by atoms with Crippen molar-refractivity contribution in [2.45, 2.75) is 25.9 Å². The third-order valence-electron chi connectivity index (χ3n) is 3.32. The van der Waals surface area contributed by atoms with E-state index in [1.54, 1.807) is 11.8 Å². The zero-order valence-electron chi connectivity index (χ0n) is 11.9. The highest BCUT2D eigenvalue weighted by molar-refractivity contribution is 6.31. The summed E-state index contributed by atoms with van der Waals surface area (Å²) in [6.45, 7) is 1.86. The summed E-state index contributed by atoms with van der Waals surface area (Å²) in [6.07, 6.45) is 0.572. The average molecular weight is 295 g/mol. The van der Waals surface area contributed by atoms with Crippen molar-refractivity contribution in [1.82, 2.24) is 9.78 Å². The monoisotopic (exact) mass is 294 g/mol. The minimum Gasteiger partial charge on any atom is -0.497 e. The van der Waals surface area contributed by atoms with Gasteiger partial charge in [0.2, 0.25) is 0 Å². The van der Waals surface area contributed by atoms with Crippen LogP contribution in [-0.4, -0.2) is 28.1 Å². The van der Waals surface area contributed by atoms with E-state index in [0.29, 0.717) is 17.9 Å². The summed E-state index contributed by atoms with van der Waals surface area (Å²) in [5.41, 5.74) is 2.72. The SMILES string of the molecule is COc1ccc(CC(O)Cc2c(Cl)c(C)nn2C)cc1. The Morgan fingerprint density at radius 1 is 1.30 bits per heavy atom. The predicted molar refractivity (Wildman–Crippen MR) is 79.4 cm³/mol. The lowest BCUT2D eigenvalue weighted by Crippen LogP contribution is -2.16. The molecule has 0 aliphatic heterocycles. The maximum Gasteiger partial charge on any atom is 0.118 e. The largest absolute Gasteiger partial charge is 0.497 e. The zero-order valence-corrected chi connectivity index (χ0v) is 12.7. The minimum atomic E-state index is -0.490. The number of methoxy groups -OCH3 is 1. The first kappa shape index (κ1) is 14.9. The number of aromatic nitrogens is 2. The number of aliphatic hydroxyl groups excluding tert-OH is 1. The van der Waals surface area contributed by atoms with Gasteiger partial charge in [0.15, 0.2) is 0 Å². The van der Waals surface area contributed by atoms with E-state index in [0.717, 1.165) is 22.7 Å². The van der Waals surface area contributed by atoms with Crippen molar-refractivity contribution < 1.29 is 9.84 Å². The number of rotatable bonds is 5. The van der Waals surface area contributed by atoms with E-state index in [1.807, 2.05) is 38.2 Å². The summed E-state index contributed by atoms with van der Waals surface area (Å²) >= 11 is 6.19. The molecule has 2 aromatic rings. The molecule has 0 saturated heterocycles. The van der Waals surface area contributed by atoms with Crippen molar-refractivity contribution in [3.63, 3.8) is 0 Å². The van der Waals surface area contributed by atoms with E-state index < -0.39 is 6.10 Å². The first-order valence-electron chi connectivity index (χ1n) is 6.50. The van der Waals surface area contributed by atoms with Gasteiger partial charge in [0.05, 0.1) is 29.6 Å². The molecule has 0 aliphatic rings. The fourth-order valence-corrected chi connectivity index (χ4v) is 2.47. The van der Waals surface area contributed by atoms with Gasteiger partial charge >= 0.3 is 0 Å². The molecule has 1 heterocycles. The zero-order chi connectivity index (χ0) is 14.7. The van der Waals surface area contributed by atoms with Gasteiger partial charge in [0, 0.05) is 13.5 Å². The molecule has 1 unspecified atom stereocenters. The summed E-state index contributed by atoms with van der Waals surface area (Å²) in [5, 5.41) is 15.1. The summed E-state index contributed by atoms with van der Waals surface area (Å²) < 4.78 is 6.84. The molecule has 0 bridgehead atoms. The second kappa shape index (κ2) is 6.29. The molecule has 108 valence electrons. The number of benzene rings is 1. The summed E-state index contributed by atoms with van der Waals surface area (Å²) in [6, 6.07) is 7.70. The predicted octanol–water partition coefficient (Wildman–Crippen LogP) is 2.54. The maximum absolute atomic E-state index is 10.2. The van der Waals surface area contributed by atoms with Crippen molar-refractivity contribution in [2.75, 3.05) is 7.11 Å². The van der Waals surface area contributed by atoms with Crippen LogP contribution in [0.2, 0.25) is 5.02 Å². The van der Waals surface area contributed by atoms with E-state index in [1.165, 1.54) is 0 Å². The van der Waals surface area contributed by atoms with E-state index in [2.05, 4.69) is 5.10 Å². The van der Waals surface area contributed by atoms with Gasteiger partial charge in [0.1, 0.15) is 5.75 Å². The number of aryl methyl sites for hydroxylation is 2. The van der Waals surface area contributed by atoms with Gasteiger partial charge in [-0.25, -0.2) is 0 Å². The number of hydrogen-bond donors (Lipinski definition) is 1. The van der Waals surface area contributed by atoms with Crippen LogP contribution in [0.3, 0.4) is 0 Å². The Bertz CT molecular complexity index is 578. The van der Waals surface area contributed by atoms with E-state index >= 15 is 0 Å². The van der Waals surface area contributed by atoms with Gasteiger partial charge in [0.25, 0.3) is 0 Å². The standard InChI is InChI=1S/C15H19ClN2O2/c1-10-15(16)14(18(2)17-10)9-12(19)8-11-4-6-13(20-3)7-5-11/h4-7,12,19H,8-9H2,1-3H3. The second-order valence-corrected chi connectivity index (χ2v) is 5.26. The van der Waals surface area contributed by atoms with Crippen LogP contribution in [0.1, 0.15) is 17.0 Å². The van der Waals surface area contributed by atoms with Crippen molar-refractivity contribution in [3.8, 4) is 5.75 Å². The Hall–Kier alpha value is -1.52. The first-order valence-corrected chi connectivity index (χ1v) is 6.88. The van der Waals surface area contributed by atoms with Crippen LogP contribution >= 0.6 is 11.6 Å². The van der Waals surface area contributed by atoms with Gasteiger partial charge < -0.3 is 9.84 Å². The Balaban J connectivity index is 2.02. The van der Waals surface area contributed by atoms with Crippen LogP contribution in [0.15, 0.2) is 24.3 Å². The van der Waals surface area contributed by atoms with Crippen LogP contribution in [-0.2, 0) is 19.9 Å². The summed E-state index contributed by atoms with van der Waals surface area (Å²) in [7, 11) is 3.48. The lowest BCUT2D eigenvalue weighted by atomic mass is 10.0. The lowest BCUT2D eigenvalue weighted by Gasteiger charge is -2.11. The lowest BCUT2D eigenvalue weighted by molar-refractivity contribution is 0.173. The third kappa shape index (κ3) is 3.32. The van der Waals surface area contributed by atoms with Crippen molar-refractivity contribution in [3.05, 3.63) is 46.2 Å². The fourth-order valence-electron chi connectivity index (χ4n) is 2.23. The highest BCUT2D eigenvalue weighted by Crippen LogP contribution is 2.22. The second-order valence-electron chi connectivity index (χ2n) is 4.88. The molecule has 0 aliphatic carbocycles. The fraction of sp³-hybridized carbons (Fsp3) is 0.400. The highest BCUT2D eigenvalue weighted by Gasteiger charge is 2.15. The van der Waals surface area contributed by atoms with Crippen LogP contribution in [0.4, 0.5) is 0 Å². The van der Waals surface area contributed by atoms with Crippen LogP contribution in [0, 0.1) is 6.92 Å². The Morgan fingerprint density at radius 3 is 2.45 bits per heavy atom. The topological polar surface area (TPSA) is 47.3 Å². The quantitative estimate of drug-likeness (QED) is 0.922. The Morgan fingerprint density at radius 2 is 1.95 bits per heavy atom. The molecule has 20 heavy (non-hydrogen) atoms. The molecule has 0 spiro atoms. The van der Waals surface area contributed by atoms with Crippen LogP contribution in [0.25, 0.3) is 0 Å². The van der Waals surface area contributed by atoms with Gasteiger partial charge in [-0.1, -0.05) is 23.7 Å².